The third kappa shape index (κ3) is 4.72. The largest absolute Gasteiger partial charge is 0.371 e. The van der Waals surface area contributed by atoms with Crippen LogP contribution in [0.4, 0.5) is 10.1 Å². The summed E-state index contributed by atoms with van der Waals surface area (Å²) in [4.78, 5) is 2.19. The first-order chi connectivity index (χ1) is 16.5. The van der Waals surface area contributed by atoms with Crippen molar-refractivity contribution in [2.45, 2.75) is 43.4 Å². The van der Waals surface area contributed by atoms with E-state index in [-0.39, 0.29) is 5.82 Å². The van der Waals surface area contributed by atoms with Crippen molar-refractivity contribution < 1.29 is 12.8 Å². The van der Waals surface area contributed by atoms with E-state index in [0.717, 1.165) is 43.6 Å². The fourth-order valence-electron chi connectivity index (χ4n) is 5.14. The van der Waals surface area contributed by atoms with Crippen LogP contribution in [0.25, 0.3) is 0 Å². The van der Waals surface area contributed by atoms with Gasteiger partial charge in [0.25, 0.3) is 0 Å². The minimum atomic E-state index is -3.46. The summed E-state index contributed by atoms with van der Waals surface area (Å²) in [6, 6.07) is 15.1. The summed E-state index contributed by atoms with van der Waals surface area (Å²) in [5.74, 6) is -0.273. The highest BCUT2D eigenvalue weighted by Gasteiger charge is 2.36. The quantitative estimate of drug-likeness (QED) is 0.531. The summed E-state index contributed by atoms with van der Waals surface area (Å²) in [6.45, 7) is 2.45. The van der Waals surface area contributed by atoms with Gasteiger partial charge in [-0.15, -0.1) is 5.10 Å². The molecule has 0 N–H and O–H groups in total. The molecule has 2 aromatic carbocycles. The summed E-state index contributed by atoms with van der Waals surface area (Å²) in [7, 11) is -3.46. The molecule has 0 radical (unpaired) electrons. The van der Waals surface area contributed by atoms with E-state index >= 15 is 0 Å². The number of rotatable bonds is 6. The fourth-order valence-corrected chi connectivity index (χ4v) is 7.19. The molecule has 7 nitrogen and oxygen atoms in total. The van der Waals surface area contributed by atoms with Crippen molar-refractivity contribution >= 4 is 15.7 Å². The number of benzene rings is 2. The second-order valence-corrected chi connectivity index (χ2v) is 11.2. The fraction of sp³-hybridized carbons (Fsp3) is 0.440. The number of anilines is 1. The third-order valence-corrected chi connectivity index (χ3v) is 9.39. The highest BCUT2D eigenvalue weighted by atomic mass is 32.2. The zero-order chi connectivity index (χ0) is 23.5. The summed E-state index contributed by atoms with van der Waals surface area (Å²) in [6.07, 6.45) is 7.24. The van der Waals surface area contributed by atoms with Crippen molar-refractivity contribution in [2.24, 2.45) is 0 Å². The minimum Gasteiger partial charge on any atom is -0.371 e. The lowest BCUT2D eigenvalue weighted by molar-refractivity contribution is 0.360. The second kappa shape index (κ2) is 9.84. The highest BCUT2D eigenvalue weighted by molar-refractivity contribution is 7.89. The lowest BCUT2D eigenvalue weighted by Gasteiger charge is -2.34. The number of nitrogens with zero attached hydrogens (tertiary/aromatic N) is 5. The van der Waals surface area contributed by atoms with Crippen LogP contribution in [0, 0.1) is 5.82 Å². The SMILES string of the molecule is O=S1(=O)C(c2ccccc2)CCCN1CCc1ccc(N2CCC(n3ccnn3)CC2)cc1F. The predicted octanol–water partition coefficient (Wildman–Crippen LogP) is 3.97. The molecule has 34 heavy (non-hydrogen) atoms. The average Bonchev–Trinajstić information content (AvgIpc) is 3.39. The van der Waals surface area contributed by atoms with Crippen LogP contribution in [0.5, 0.6) is 0 Å². The van der Waals surface area contributed by atoms with Gasteiger partial charge in [-0.2, -0.15) is 0 Å². The van der Waals surface area contributed by atoms with Crippen molar-refractivity contribution in [1.29, 1.82) is 0 Å². The Balaban J connectivity index is 1.21. The zero-order valence-corrected chi connectivity index (χ0v) is 19.9. The van der Waals surface area contributed by atoms with Crippen molar-refractivity contribution in [1.82, 2.24) is 19.3 Å². The van der Waals surface area contributed by atoms with Crippen LogP contribution in [0.1, 0.15) is 48.1 Å². The van der Waals surface area contributed by atoms with Gasteiger partial charge in [-0.1, -0.05) is 41.6 Å². The van der Waals surface area contributed by atoms with Gasteiger partial charge in [0.1, 0.15) is 11.1 Å². The van der Waals surface area contributed by atoms with Gasteiger partial charge in [-0.05, 0) is 55.4 Å². The summed E-state index contributed by atoms with van der Waals surface area (Å²) < 4.78 is 44.8. The maximum Gasteiger partial charge on any atom is 0.221 e. The van der Waals surface area contributed by atoms with Crippen LogP contribution in [-0.4, -0.2) is 53.9 Å². The summed E-state index contributed by atoms with van der Waals surface area (Å²) in [5, 5.41) is 7.46. The topological polar surface area (TPSA) is 71.3 Å². The molecule has 5 rings (SSSR count). The molecule has 9 heteroatoms. The van der Waals surface area contributed by atoms with Gasteiger partial charge in [0.2, 0.25) is 10.0 Å². The molecule has 0 bridgehead atoms. The van der Waals surface area contributed by atoms with Crippen molar-refractivity contribution in [3.8, 4) is 0 Å². The molecule has 2 fully saturated rings. The van der Waals surface area contributed by atoms with E-state index in [2.05, 4.69) is 15.2 Å². The van der Waals surface area contributed by atoms with E-state index in [1.54, 1.807) is 18.3 Å². The van der Waals surface area contributed by atoms with Gasteiger partial charge in [-0.25, -0.2) is 21.8 Å². The van der Waals surface area contributed by atoms with E-state index < -0.39 is 15.3 Å². The van der Waals surface area contributed by atoms with Gasteiger partial charge >= 0.3 is 0 Å². The smallest absolute Gasteiger partial charge is 0.221 e. The molecular formula is C25H30FN5O2S. The molecule has 0 amide bonds. The van der Waals surface area contributed by atoms with Crippen LogP contribution < -0.4 is 4.90 Å². The van der Waals surface area contributed by atoms with Crippen molar-refractivity contribution in [3.05, 3.63) is 77.9 Å². The van der Waals surface area contributed by atoms with Gasteiger partial charge in [0, 0.05) is 38.1 Å². The lowest BCUT2D eigenvalue weighted by atomic mass is 10.0. The lowest BCUT2D eigenvalue weighted by Crippen LogP contribution is -2.41. The van der Waals surface area contributed by atoms with Crippen LogP contribution in [0.15, 0.2) is 60.9 Å². The Labute approximate surface area is 200 Å². The predicted molar refractivity (Wildman–Crippen MR) is 130 cm³/mol. The molecule has 3 aromatic rings. The number of piperidine rings is 1. The average molecular weight is 484 g/mol. The van der Waals surface area contributed by atoms with Gasteiger partial charge in [-0.3, -0.25) is 0 Å². The van der Waals surface area contributed by atoms with Crippen LogP contribution >= 0.6 is 0 Å². The monoisotopic (exact) mass is 483 g/mol. The maximum absolute atomic E-state index is 15.0. The van der Waals surface area contributed by atoms with E-state index in [1.165, 1.54) is 4.31 Å². The molecule has 2 aliphatic rings. The van der Waals surface area contributed by atoms with Crippen LogP contribution in [-0.2, 0) is 16.4 Å². The van der Waals surface area contributed by atoms with Gasteiger partial charge in [0.15, 0.2) is 0 Å². The van der Waals surface area contributed by atoms with E-state index in [9.17, 15) is 12.8 Å². The molecule has 1 aromatic heterocycles. The molecule has 2 aliphatic heterocycles. The number of sulfonamides is 1. The Morgan fingerprint density at radius 1 is 1.00 bits per heavy atom. The van der Waals surface area contributed by atoms with Crippen LogP contribution in [0.2, 0.25) is 0 Å². The highest BCUT2D eigenvalue weighted by Crippen LogP contribution is 2.34. The molecule has 3 heterocycles. The Morgan fingerprint density at radius 3 is 2.50 bits per heavy atom. The standard InChI is InChI=1S/C25H30FN5O2S/c26-24-19-23(29-15-11-22(12-16-29)31-18-13-27-28-31)9-8-20(24)10-17-30-14-4-7-25(34(30,32)33)21-5-2-1-3-6-21/h1-3,5-6,8-9,13,18-19,22,25H,4,7,10-12,14-17H2. The molecule has 1 unspecified atom stereocenters. The molecule has 180 valence electrons. The normalized spacial score (nSPS) is 21.6. The Hall–Kier alpha value is -2.78. The summed E-state index contributed by atoms with van der Waals surface area (Å²) >= 11 is 0. The molecule has 0 aliphatic carbocycles. The first kappa shape index (κ1) is 23.0. The van der Waals surface area contributed by atoms with Crippen molar-refractivity contribution in [3.63, 3.8) is 0 Å². The Kier molecular flexibility index (Phi) is 6.65. The Bertz CT molecular complexity index is 1200. The first-order valence-electron chi connectivity index (χ1n) is 12.0. The Morgan fingerprint density at radius 2 is 1.79 bits per heavy atom. The number of aromatic nitrogens is 3. The molecule has 0 saturated carbocycles. The van der Waals surface area contributed by atoms with E-state index in [1.807, 2.05) is 47.3 Å². The molecular weight excluding hydrogens is 453 g/mol. The minimum absolute atomic E-state index is 0.273. The molecule has 0 spiro atoms. The number of hydrogen-bond acceptors (Lipinski definition) is 5. The maximum atomic E-state index is 15.0. The van der Waals surface area contributed by atoms with Gasteiger partial charge in [0.05, 0.1) is 12.2 Å². The first-order valence-corrected chi connectivity index (χ1v) is 13.5. The number of halogens is 1. The van der Waals surface area contributed by atoms with Crippen molar-refractivity contribution in [2.75, 3.05) is 31.1 Å². The second-order valence-electron chi connectivity index (χ2n) is 9.11. The molecule has 2 saturated heterocycles. The van der Waals surface area contributed by atoms with Gasteiger partial charge < -0.3 is 4.90 Å². The zero-order valence-electron chi connectivity index (χ0n) is 19.1. The summed E-state index contributed by atoms with van der Waals surface area (Å²) in [5.41, 5.74) is 2.25. The van der Waals surface area contributed by atoms with E-state index in [4.69, 9.17) is 0 Å². The number of hydrogen-bond donors (Lipinski definition) is 0. The van der Waals surface area contributed by atoms with Crippen LogP contribution in [0.3, 0.4) is 0 Å². The molecule has 1 atom stereocenters. The van der Waals surface area contributed by atoms with E-state index in [0.29, 0.717) is 37.5 Å². The third-order valence-electron chi connectivity index (χ3n) is 7.08.